The molecule has 110 valence electrons. The van der Waals surface area contributed by atoms with Gasteiger partial charge in [0.15, 0.2) is 0 Å². The van der Waals surface area contributed by atoms with Crippen LogP contribution in [0.15, 0.2) is 26.6 Å². The third-order valence-corrected chi connectivity index (χ3v) is 6.43. The zero-order valence-corrected chi connectivity index (χ0v) is 15.8. The van der Waals surface area contributed by atoms with Crippen LogP contribution in [-0.4, -0.2) is 16.3 Å². The minimum absolute atomic E-state index is 0.308. The molecule has 0 aliphatic carbocycles. The van der Waals surface area contributed by atoms with Crippen molar-refractivity contribution in [2.75, 3.05) is 6.54 Å². The van der Waals surface area contributed by atoms with Crippen molar-refractivity contribution < 1.29 is 0 Å². The van der Waals surface area contributed by atoms with E-state index >= 15 is 0 Å². The average molecular weight is 421 g/mol. The van der Waals surface area contributed by atoms with Gasteiger partial charge in [-0.1, -0.05) is 6.92 Å². The van der Waals surface area contributed by atoms with E-state index in [1.54, 1.807) is 11.3 Å². The normalized spacial score (nSPS) is 13.1. The average Bonchev–Trinajstić information content (AvgIpc) is 2.97. The van der Waals surface area contributed by atoms with Crippen LogP contribution in [-0.2, 0) is 6.42 Å². The van der Waals surface area contributed by atoms with Crippen molar-refractivity contribution in [1.82, 2.24) is 15.1 Å². The summed E-state index contributed by atoms with van der Waals surface area (Å²) in [6.07, 6.45) is 2.97. The zero-order valence-electron chi connectivity index (χ0n) is 11.9. The second-order valence-corrected chi connectivity index (χ2v) is 8.22. The molecule has 6 heteroatoms. The van der Waals surface area contributed by atoms with Gasteiger partial charge in [0, 0.05) is 34.1 Å². The molecule has 2 aromatic rings. The predicted molar refractivity (Wildman–Crippen MR) is 92.5 cm³/mol. The van der Waals surface area contributed by atoms with Crippen LogP contribution in [0.1, 0.15) is 43.4 Å². The number of halogens is 2. The van der Waals surface area contributed by atoms with Gasteiger partial charge in [-0.2, -0.15) is 5.10 Å². The molecule has 0 saturated heterocycles. The predicted octanol–water partition coefficient (Wildman–Crippen LogP) is 4.94. The highest BCUT2D eigenvalue weighted by atomic mass is 79.9. The van der Waals surface area contributed by atoms with Crippen LogP contribution in [0.25, 0.3) is 0 Å². The molecule has 20 heavy (non-hydrogen) atoms. The Balaban J connectivity index is 2.16. The molecule has 2 aromatic heterocycles. The molecule has 0 fully saturated rings. The summed E-state index contributed by atoms with van der Waals surface area (Å²) in [5.74, 6) is 0. The van der Waals surface area contributed by atoms with Crippen LogP contribution in [0, 0.1) is 0 Å². The van der Waals surface area contributed by atoms with Gasteiger partial charge in [-0.3, -0.25) is 4.68 Å². The lowest BCUT2D eigenvalue weighted by molar-refractivity contribution is 0.509. The summed E-state index contributed by atoms with van der Waals surface area (Å²) >= 11 is 8.90. The molecule has 0 aliphatic rings. The van der Waals surface area contributed by atoms with Gasteiger partial charge in [-0.25, -0.2) is 0 Å². The Labute approximate surface area is 141 Å². The van der Waals surface area contributed by atoms with Gasteiger partial charge in [0.2, 0.25) is 0 Å². The molecule has 3 nitrogen and oxygen atoms in total. The van der Waals surface area contributed by atoms with E-state index in [1.807, 2.05) is 4.68 Å². The summed E-state index contributed by atoms with van der Waals surface area (Å²) in [4.78, 5) is 1.32. The minimum atomic E-state index is 0.308. The molecule has 2 heterocycles. The standard InChI is InChI=1S/C14H19Br2N3S/c1-4-17-12(13-8-11(15)14(16)20-13)7-10-5-6-19(18-10)9(2)3/h5-6,8-9,12,17H,4,7H2,1-3H3. The van der Waals surface area contributed by atoms with E-state index in [9.17, 15) is 0 Å². The smallest absolute Gasteiger partial charge is 0.0843 e. The first-order chi connectivity index (χ1) is 9.51. The second kappa shape index (κ2) is 7.20. The molecule has 0 amide bonds. The fourth-order valence-electron chi connectivity index (χ4n) is 2.04. The number of aromatic nitrogens is 2. The van der Waals surface area contributed by atoms with Crippen LogP contribution in [0.4, 0.5) is 0 Å². The van der Waals surface area contributed by atoms with Gasteiger partial charge in [0.05, 0.1) is 9.48 Å². The van der Waals surface area contributed by atoms with Gasteiger partial charge in [0.1, 0.15) is 0 Å². The molecule has 2 rings (SSSR count). The number of thiophene rings is 1. The van der Waals surface area contributed by atoms with Crippen LogP contribution in [0.3, 0.4) is 0 Å². The van der Waals surface area contributed by atoms with Crippen molar-refractivity contribution in [2.45, 2.75) is 39.3 Å². The van der Waals surface area contributed by atoms with Crippen LogP contribution >= 0.6 is 43.2 Å². The van der Waals surface area contributed by atoms with Gasteiger partial charge in [-0.15, -0.1) is 11.3 Å². The van der Waals surface area contributed by atoms with Crippen molar-refractivity contribution in [3.8, 4) is 0 Å². The summed E-state index contributed by atoms with van der Waals surface area (Å²) in [6, 6.07) is 5.01. The van der Waals surface area contributed by atoms with Gasteiger partial charge in [0.25, 0.3) is 0 Å². The second-order valence-electron chi connectivity index (χ2n) is 4.97. The number of rotatable bonds is 6. The van der Waals surface area contributed by atoms with E-state index in [2.05, 4.69) is 81.4 Å². The topological polar surface area (TPSA) is 29.9 Å². The maximum absolute atomic E-state index is 4.64. The first-order valence-corrected chi connectivity index (χ1v) is 9.13. The van der Waals surface area contributed by atoms with Crippen LogP contribution in [0.5, 0.6) is 0 Å². The molecule has 0 bridgehead atoms. The van der Waals surface area contributed by atoms with Crippen LogP contribution < -0.4 is 5.32 Å². The SMILES string of the molecule is CCNC(Cc1ccn(C(C)C)n1)c1cc(Br)c(Br)s1. The molecule has 1 unspecified atom stereocenters. The molecule has 1 N–H and O–H groups in total. The zero-order chi connectivity index (χ0) is 14.7. The lowest BCUT2D eigenvalue weighted by Gasteiger charge is -2.15. The Hall–Kier alpha value is -0.170. The number of hydrogen-bond donors (Lipinski definition) is 1. The third-order valence-electron chi connectivity index (χ3n) is 3.06. The molecule has 0 aromatic carbocycles. The maximum atomic E-state index is 4.64. The van der Waals surface area contributed by atoms with E-state index in [0.717, 1.165) is 26.9 Å². The lowest BCUT2D eigenvalue weighted by Crippen LogP contribution is -2.22. The molecule has 0 saturated carbocycles. The highest BCUT2D eigenvalue weighted by Gasteiger charge is 2.17. The summed E-state index contributed by atoms with van der Waals surface area (Å²) in [6.45, 7) is 7.37. The number of nitrogens with one attached hydrogen (secondary N) is 1. The van der Waals surface area contributed by atoms with Crippen molar-refractivity contribution in [3.05, 3.63) is 37.2 Å². The number of likely N-dealkylation sites (N-methyl/N-ethyl adjacent to an activating group) is 1. The minimum Gasteiger partial charge on any atom is -0.309 e. The molecule has 1 atom stereocenters. The van der Waals surface area contributed by atoms with E-state index in [4.69, 9.17) is 0 Å². The summed E-state index contributed by atoms with van der Waals surface area (Å²) in [5.41, 5.74) is 1.13. The fourth-order valence-corrected chi connectivity index (χ4v) is 4.20. The van der Waals surface area contributed by atoms with E-state index in [1.165, 1.54) is 4.88 Å². The first kappa shape index (κ1) is 16.2. The Morgan fingerprint density at radius 2 is 2.15 bits per heavy atom. The Morgan fingerprint density at radius 1 is 1.40 bits per heavy atom. The van der Waals surface area contributed by atoms with Crippen molar-refractivity contribution in [2.24, 2.45) is 0 Å². The molecular formula is C14H19Br2N3S. The Kier molecular flexibility index (Phi) is 5.84. The Bertz CT molecular complexity index is 543. The highest BCUT2D eigenvalue weighted by Crippen LogP contribution is 2.36. The molecule has 0 radical (unpaired) electrons. The lowest BCUT2D eigenvalue weighted by atomic mass is 10.1. The fraction of sp³-hybridized carbons (Fsp3) is 0.500. The molecule has 0 spiro atoms. The number of nitrogens with zero attached hydrogens (tertiary/aromatic N) is 2. The van der Waals surface area contributed by atoms with Gasteiger partial charge >= 0.3 is 0 Å². The summed E-state index contributed by atoms with van der Waals surface area (Å²) in [7, 11) is 0. The summed E-state index contributed by atoms with van der Waals surface area (Å²) in [5, 5.41) is 8.19. The van der Waals surface area contributed by atoms with Gasteiger partial charge < -0.3 is 5.32 Å². The third kappa shape index (κ3) is 3.93. The maximum Gasteiger partial charge on any atom is 0.0843 e. The highest BCUT2D eigenvalue weighted by molar-refractivity contribution is 9.13. The van der Waals surface area contributed by atoms with Gasteiger partial charge in [-0.05, 0) is 64.4 Å². The quantitative estimate of drug-likeness (QED) is 0.716. The van der Waals surface area contributed by atoms with Crippen molar-refractivity contribution in [3.63, 3.8) is 0 Å². The summed E-state index contributed by atoms with van der Waals surface area (Å²) < 4.78 is 4.27. The van der Waals surface area contributed by atoms with Crippen molar-refractivity contribution >= 4 is 43.2 Å². The Morgan fingerprint density at radius 3 is 2.65 bits per heavy atom. The van der Waals surface area contributed by atoms with E-state index in [-0.39, 0.29) is 0 Å². The molecule has 0 aliphatic heterocycles. The molecular weight excluding hydrogens is 402 g/mol. The van der Waals surface area contributed by atoms with Crippen molar-refractivity contribution in [1.29, 1.82) is 0 Å². The van der Waals surface area contributed by atoms with E-state index in [0.29, 0.717) is 12.1 Å². The van der Waals surface area contributed by atoms with Crippen LogP contribution in [0.2, 0.25) is 0 Å². The first-order valence-electron chi connectivity index (χ1n) is 6.73. The monoisotopic (exact) mass is 419 g/mol. The van der Waals surface area contributed by atoms with E-state index < -0.39 is 0 Å². The number of hydrogen-bond acceptors (Lipinski definition) is 3. The largest absolute Gasteiger partial charge is 0.309 e.